The van der Waals surface area contributed by atoms with Crippen LogP contribution in [0.15, 0.2) is 97.1 Å². The fraction of sp³-hybridized carbons (Fsp3) is 0.400. The van der Waals surface area contributed by atoms with E-state index in [4.69, 9.17) is 52.5 Å². The second-order valence-electron chi connectivity index (χ2n) is 25.5. The summed E-state index contributed by atoms with van der Waals surface area (Å²) < 4.78 is 16.1. The fourth-order valence-electron chi connectivity index (χ4n) is 12.1. The van der Waals surface area contributed by atoms with Gasteiger partial charge in [-0.1, -0.05) is 168 Å². The van der Waals surface area contributed by atoms with Crippen LogP contribution in [-0.2, 0) is 33.9 Å². The van der Waals surface area contributed by atoms with Crippen LogP contribution in [0.2, 0.25) is 0 Å². The summed E-state index contributed by atoms with van der Waals surface area (Å²) in [4.78, 5) is 133. The van der Waals surface area contributed by atoms with Gasteiger partial charge in [0.1, 0.15) is 68.8 Å². The van der Waals surface area contributed by atoms with Gasteiger partial charge in [-0.25, -0.2) is 19.9 Å². The van der Waals surface area contributed by atoms with Gasteiger partial charge in [-0.15, -0.1) is 23.2 Å². The summed E-state index contributed by atoms with van der Waals surface area (Å²) >= 11 is 14.1. The monoisotopic (exact) mass is 1730 g/mol. The van der Waals surface area contributed by atoms with E-state index in [-0.39, 0.29) is 203 Å². The van der Waals surface area contributed by atoms with Gasteiger partial charge in [0.2, 0.25) is 23.1 Å². The Morgan fingerprint density at radius 1 is 0.486 bits per heavy atom. The zero-order valence-corrected chi connectivity index (χ0v) is 76.5. The second kappa shape index (κ2) is 45.5. The molecule has 0 spiro atoms. The fourth-order valence-corrected chi connectivity index (χ4v) is 12.3. The van der Waals surface area contributed by atoms with Crippen molar-refractivity contribution in [3.63, 3.8) is 0 Å². The third-order valence-electron chi connectivity index (χ3n) is 17.0. The average molecular weight is 1730 g/mol. The van der Waals surface area contributed by atoms with Crippen LogP contribution in [0.25, 0.3) is 45.0 Å². The number of ketones is 8. The molecule has 0 amide bonds. The predicted octanol–water partition coefficient (Wildman–Crippen LogP) is -1.41. The van der Waals surface area contributed by atoms with E-state index in [0.29, 0.717) is 99.2 Å². The molecule has 30 heteroatoms. The molecule has 14 rings (SSSR count). The largest absolute Gasteiger partial charge is 1.00 e. The molecular weight excluding hydrogens is 1640 g/mol. The van der Waals surface area contributed by atoms with E-state index < -0.39 is 52.7 Å². The number of fused-ring (bicyclic) bond motifs is 12. The summed E-state index contributed by atoms with van der Waals surface area (Å²) in [5.41, 5.74) is 8.86. The molecule has 4 aliphatic carbocycles. The number of carboxylic acid groups (broad SMARTS) is 1. The Bertz CT molecular complexity index is 4370. The molecule has 105 heavy (non-hydrogen) atoms. The number of likely N-dealkylation sites (N-methyl/N-ethyl adjacent to an activating group) is 1. The SMILES string of the molecule is C1COCCN1.CC(C)c1nc2c([nH]1)C(=O)C(=O)c1ccccc1-2.CC(C)c1nc2c(n1CCCl)C(=O)C(=O)c1ccccc1-2.CC(C)c1nc2c(n1CCN(C)C)C(=O)C(=O)c1ccccc1-2.CC(C)c1nc2c(n1CCN1CCOCC1)C(=O)C(=O)c1ccccc1-2.ClCCBr.O=C[O-].[H-].[I-].[K+].[K+].[K+]. The van der Waals surface area contributed by atoms with E-state index in [1.54, 1.807) is 53.1 Å². The molecule has 4 aromatic carbocycles. The molecule has 0 atom stereocenters. The number of halogens is 4. The topological polar surface area (TPSA) is 296 Å². The van der Waals surface area contributed by atoms with Crippen molar-refractivity contribution in [3.8, 4) is 45.0 Å². The van der Waals surface area contributed by atoms with Gasteiger partial charge in [-0.3, -0.25) is 43.3 Å². The number of nitrogens with one attached hydrogen (secondary N) is 2. The Kier molecular flexibility index (Phi) is 40.9. The number of imidazole rings is 4. The summed E-state index contributed by atoms with van der Waals surface area (Å²) in [6.45, 7) is 26.2. The van der Waals surface area contributed by atoms with E-state index in [9.17, 15) is 38.4 Å². The Hall–Kier alpha value is -2.95. The second-order valence-corrected chi connectivity index (χ2v) is 27.1. The van der Waals surface area contributed by atoms with Gasteiger partial charge in [0.25, 0.3) is 23.1 Å². The van der Waals surface area contributed by atoms with Crippen molar-refractivity contribution < 1.29 is 237 Å². The third kappa shape index (κ3) is 22.7. The van der Waals surface area contributed by atoms with E-state index in [0.717, 1.165) is 117 Å². The minimum atomic E-state index is -0.500. The van der Waals surface area contributed by atoms with E-state index >= 15 is 0 Å². The maximum Gasteiger partial charge on any atom is 1.00 e. The van der Waals surface area contributed by atoms with Crippen molar-refractivity contribution in [2.45, 2.75) is 98.7 Å². The number of hydrogen-bond acceptors (Lipinski definition) is 19. The number of carbonyl (C=O) groups is 9. The normalized spacial score (nSPS) is 14.2. The summed E-state index contributed by atoms with van der Waals surface area (Å²) in [7, 11) is 3.97. The van der Waals surface area contributed by atoms with Gasteiger partial charge in [0.15, 0.2) is 0 Å². The number of alkyl halides is 3. The number of Topliss-reactive ketones (excluding diaryl/α,β-unsaturated/α-hetero) is 8. The minimum absolute atomic E-state index is 0. The Balaban J connectivity index is 0.000000343. The Morgan fingerprint density at radius 3 is 1.11 bits per heavy atom. The third-order valence-corrected chi connectivity index (χ3v) is 18.2. The van der Waals surface area contributed by atoms with E-state index in [1.165, 1.54) is 0 Å². The number of morpholine rings is 2. The first-order chi connectivity index (χ1) is 48.5. The maximum absolute atomic E-state index is 12.8. The van der Waals surface area contributed by atoms with Crippen LogP contribution >= 0.6 is 39.1 Å². The summed E-state index contributed by atoms with van der Waals surface area (Å²) in [6, 6.07) is 28.7. The number of nitrogens with zero attached hydrogens (tertiary/aromatic N) is 9. The summed E-state index contributed by atoms with van der Waals surface area (Å²) in [5.74, 6) is 1.32. The first-order valence-corrected chi connectivity index (χ1v) is 35.8. The van der Waals surface area contributed by atoms with Gasteiger partial charge in [-0.05, 0) is 14.1 Å². The molecule has 0 unspecified atom stereocenters. The molecule has 2 saturated heterocycles. The van der Waals surface area contributed by atoms with Gasteiger partial charge in [-0.2, -0.15) is 0 Å². The molecule has 0 saturated carbocycles. The van der Waals surface area contributed by atoms with Crippen LogP contribution in [-0.4, -0.2) is 198 Å². The molecule has 4 aromatic heterocycles. The molecule has 8 aromatic rings. The van der Waals surface area contributed by atoms with Crippen LogP contribution in [0.3, 0.4) is 0 Å². The van der Waals surface area contributed by atoms with Crippen LogP contribution < -0.4 is 189 Å². The van der Waals surface area contributed by atoms with Crippen molar-refractivity contribution in [2.75, 3.05) is 96.9 Å². The van der Waals surface area contributed by atoms with Crippen LogP contribution in [0.5, 0.6) is 0 Å². The van der Waals surface area contributed by atoms with E-state index in [2.05, 4.69) is 73.7 Å². The van der Waals surface area contributed by atoms with Gasteiger partial charge >= 0.3 is 154 Å². The van der Waals surface area contributed by atoms with Crippen LogP contribution in [0.1, 0.15) is 187 Å². The summed E-state index contributed by atoms with van der Waals surface area (Å²) in [6.07, 6.45) is 0. The molecule has 544 valence electrons. The van der Waals surface area contributed by atoms with Crippen LogP contribution in [0.4, 0.5) is 0 Å². The maximum atomic E-state index is 12.8. The standard InChI is InChI=1S/C20H23N3O3.C18H21N3O2.C16H15ClN2O2.C14H12N2O2.C4H9NO.C2H4BrCl.CH2O2.HI.3K.H/c1-13(2)20-21-16-14-5-3-4-6-15(14)18(24)19(25)17(16)23(20)8-7-22-9-11-26-12-10-22;1-11(2)18-19-14-12-7-5-6-8-13(12)16(22)17(23)15(14)21(18)10-9-20(3)4;1-9(2)16-18-12-10-5-3-4-6-11(10)14(20)15(21)13(12)19(16)8-7-17;1-7(2)14-15-10-8-5-3-4-6-9(8)12(17)13(18)11(10)16-14;1-3-6-4-2-5-1;3-1-2-4;2-1-3;;;;;/h3-6,13H,7-12H2,1-2H3;5-8,11H,9-10H2,1-4H3;3-6,9H,7-8H2,1-2H3;3-7H,1-2H3,(H,15,16);5H,1-4H2;1-2H2;1H,(H,2,3);1H;;;;/q;;;;;;;;3*+1;-1/p-2. The molecule has 2 N–H and O–H groups in total. The number of H-pyrrole nitrogens is 1. The zero-order valence-electron chi connectivity index (χ0n) is 62.9. The van der Waals surface area contributed by atoms with Gasteiger partial charge in [0, 0.05) is 151 Å². The number of benzene rings is 4. The number of aromatic nitrogens is 8. The van der Waals surface area contributed by atoms with Crippen molar-refractivity contribution in [1.29, 1.82) is 0 Å². The zero-order chi connectivity index (χ0) is 73.4. The first-order valence-electron chi connectivity index (χ1n) is 33.6. The summed E-state index contributed by atoms with van der Waals surface area (Å²) in [5, 5.41) is 12.3. The number of carbonyl (C=O) groups excluding carboxylic acids is 9. The molecule has 2 fully saturated rings. The predicted molar refractivity (Wildman–Crippen MR) is 390 cm³/mol. The van der Waals surface area contributed by atoms with Crippen molar-refractivity contribution >= 4 is 91.9 Å². The first kappa shape index (κ1) is 94.4. The molecule has 6 heterocycles. The van der Waals surface area contributed by atoms with Gasteiger partial charge in [0.05, 0.1) is 26.4 Å². The Morgan fingerprint density at radius 2 is 0.810 bits per heavy atom. The number of aromatic amines is 1. The molecular formula is C75H86BrCl2IK3N11O12. The van der Waals surface area contributed by atoms with Crippen molar-refractivity contribution in [2.24, 2.45) is 0 Å². The molecule has 0 radical (unpaired) electrons. The molecule has 6 aliphatic rings. The quantitative estimate of drug-likeness (QED) is 0.0441. The van der Waals surface area contributed by atoms with E-state index in [1.807, 2.05) is 99.5 Å². The number of ether oxygens (including phenoxy) is 2. The minimum Gasteiger partial charge on any atom is -1.00 e. The molecule has 0 bridgehead atoms. The van der Waals surface area contributed by atoms with Gasteiger partial charge < -0.3 is 73.7 Å². The van der Waals surface area contributed by atoms with Crippen molar-refractivity contribution in [1.82, 2.24) is 53.7 Å². The number of hydrogen-bond donors (Lipinski definition) is 2. The van der Waals surface area contributed by atoms with Crippen molar-refractivity contribution in [3.05, 3.63) is 165 Å². The smallest absolute Gasteiger partial charge is 1.00 e. The number of rotatable bonds is 13. The Labute approximate surface area is 777 Å². The molecule has 2 aliphatic heterocycles. The molecule has 23 nitrogen and oxygen atoms in total. The van der Waals surface area contributed by atoms with Crippen LogP contribution in [0, 0.1) is 0 Å². The average Bonchev–Trinajstić information content (AvgIpc) is 1.57.